The summed E-state index contributed by atoms with van der Waals surface area (Å²) in [6.45, 7) is 5.05. The minimum absolute atomic E-state index is 0.0518. The first-order chi connectivity index (χ1) is 6.74. The van der Waals surface area contributed by atoms with Gasteiger partial charge in [0.1, 0.15) is 0 Å². The molecule has 0 saturated carbocycles. The van der Waals surface area contributed by atoms with E-state index in [-0.39, 0.29) is 11.9 Å². The van der Waals surface area contributed by atoms with Gasteiger partial charge in [-0.25, -0.2) is 0 Å². The van der Waals surface area contributed by atoms with Gasteiger partial charge in [0.15, 0.2) is 0 Å². The Labute approximate surface area is 88.5 Å². The molecule has 1 aromatic heterocycles. The Morgan fingerprint density at radius 1 is 1.64 bits per heavy atom. The highest BCUT2D eigenvalue weighted by Crippen LogP contribution is 2.17. The van der Waals surface area contributed by atoms with E-state index in [4.69, 9.17) is 0 Å². The molecular weight excluding hydrogens is 196 g/mol. The lowest BCUT2D eigenvalue weighted by Gasteiger charge is -2.11. The van der Waals surface area contributed by atoms with Gasteiger partial charge in [0.25, 0.3) is 0 Å². The maximum atomic E-state index is 11.1. The van der Waals surface area contributed by atoms with Crippen molar-refractivity contribution >= 4 is 17.2 Å². The highest BCUT2D eigenvalue weighted by Gasteiger charge is 2.07. The number of thiophene rings is 1. The Balaban J connectivity index is 2.28. The van der Waals surface area contributed by atoms with Crippen LogP contribution in [0.1, 0.15) is 24.8 Å². The van der Waals surface area contributed by atoms with Crippen LogP contribution >= 0.6 is 11.3 Å². The molecule has 4 heteroatoms. The van der Waals surface area contributed by atoms with Crippen molar-refractivity contribution in [1.82, 2.24) is 10.6 Å². The van der Waals surface area contributed by atoms with E-state index in [1.54, 1.807) is 11.3 Å². The molecule has 0 spiro atoms. The number of amides is 1. The molecule has 14 heavy (non-hydrogen) atoms. The lowest BCUT2D eigenvalue weighted by molar-refractivity contribution is -0.120. The summed E-state index contributed by atoms with van der Waals surface area (Å²) in [5, 5.41) is 7.96. The average molecular weight is 212 g/mol. The van der Waals surface area contributed by atoms with Gasteiger partial charge in [0.05, 0.1) is 6.54 Å². The molecule has 1 amide bonds. The monoisotopic (exact) mass is 212 g/mol. The number of likely N-dealkylation sites (N-methyl/N-ethyl adjacent to an activating group) is 1. The fraction of sp³-hybridized carbons (Fsp3) is 0.500. The van der Waals surface area contributed by atoms with Gasteiger partial charge in [-0.15, -0.1) is 11.3 Å². The maximum Gasteiger partial charge on any atom is 0.233 e. The van der Waals surface area contributed by atoms with Crippen molar-refractivity contribution in [3.8, 4) is 0 Å². The molecule has 0 bridgehead atoms. The number of rotatable bonds is 5. The fourth-order valence-electron chi connectivity index (χ4n) is 1.14. The highest BCUT2D eigenvalue weighted by atomic mass is 32.1. The van der Waals surface area contributed by atoms with Crippen LogP contribution in [0.3, 0.4) is 0 Å². The molecule has 1 aromatic rings. The topological polar surface area (TPSA) is 41.1 Å². The molecule has 0 aromatic carbocycles. The lowest BCUT2D eigenvalue weighted by Crippen LogP contribution is -2.34. The van der Waals surface area contributed by atoms with Gasteiger partial charge in [-0.3, -0.25) is 4.79 Å². The molecule has 0 saturated heterocycles. The van der Waals surface area contributed by atoms with Crippen LogP contribution in [-0.2, 0) is 4.79 Å². The zero-order valence-corrected chi connectivity index (χ0v) is 9.36. The summed E-state index contributed by atoms with van der Waals surface area (Å²) in [5.74, 6) is 0.0518. The first-order valence-corrected chi connectivity index (χ1v) is 5.65. The molecule has 1 rings (SSSR count). The summed E-state index contributed by atoms with van der Waals surface area (Å²) in [7, 11) is 0. The van der Waals surface area contributed by atoms with Crippen LogP contribution in [0.5, 0.6) is 0 Å². The third-order valence-electron chi connectivity index (χ3n) is 1.91. The zero-order chi connectivity index (χ0) is 10.4. The molecule has 0 radical (unpaired) electrons. The van der Waals surface area contributed by atoms with E-state index in [0.29, 0.717) is 13.1 Å². The normalized spacial score (nSPS) is 12.4. The Morgan fingerprint density at radius 3 is 3.00 bits per heavy atom. The molecule has 0 aliphatic carbocycles. The van der Waals surface area contributed by atoms with Crippen LogP contribution in [0.15, 0.2) is 17.5 Å². The van der Waals surface area contributed by atoms with Crippen LogP contribution in [0.25, 0.3) is 0 Å². The predicted molar refractivity (Wildman–Crippen MR) is 59.4 cm³/mol. The largest absolute Gasteiger partial charge is 0.355 e. The van der Waals surface area contributed by atoms with Crippen molar-refractivity contribution in [1.29, 1.82) is 0 Å². The Hall–Kier alpha value is -0.870. The van der Waals surface area contributed by atoms with E-state index in [1.165, 1.54) is 4.88 Å². The zero-order valence-electron chi connectivity index (χ0n) is 8.54. The molecule has 0 fully saturated rings. The first-order valence-electron chi connectivity index (χ1n) is 4.77. The van der Waals surface area contributed by atoms with Gasteiger partial charge in [-0.05, 0) is 25.3 Å². The summed E-state index contributed by atoms with van der Waals surface area (Å²) in [5.41, 5.74) is 0. The minimum Gasteiger partial charge on any atom is -0.355 e. The number of hydrogen-bond acceptors (Lipinski definition) is 3. The van der Waals surface area contributed by atoms with Gasteiger partial charge in [-0.2, -0.15) is 0 Å². The van der Waals surface area contributed by atoms with E-state index >= 15 is 0 Å². The second kappa shape index (κ2) is 5.78. The molecule has 0 aliphatic rings. The SMILES string of the molecule is CCNC(=O)CN[C@H](C)c1cccs1. The van der Waals surface area contributed by atoms with Gasteiger partial charge < -0.3 is 10.6 Å². The van der Waals surface area contributed by atoms with Crippen LogP contribution in [0, 0.1) is 0 Å². The van der Waals surface area contributed by atoms with Gasteiger partial charge in [0, 0.05) is 17.5 Å². The summed E-state index contributed by atoms with van der Waals surface area (Å²) < 4.78 is 0. The Kier molecular flexibility index (Phi) is 4.62. The third kappa shape index (κ3) is 3.47. The van der Waals surface area contributed by atoms with Crippen LogP contribution < -0.4 is 10.6 Å². The Morgan fingerprint density at radius 2 is 2.43 bits per heavy atom. The predicted octanol–water partition coefficient (Wildman–Crippen LogP) is 1.53. The summed E-state index contributed by atoms with van der Waals surface area (Å²) in [6, 6.07) is 4.34. The van der Waals surface area contributed by atoms with Crippen LogP contribution in [0.2, 0.25) is 0 Å². The van der Waals surface area contributed by atoms with Crippen molar-refractivity contribution in [2.45, 2.75) is 19.9 Å². The fourth-order valence-corrected chi connectivity index (χ4v) is 1.90. The van der Waals surface area contributed by atoms with E-state index in [1.807, 2.05) is 18.4 Å². The third-order valence-corrected chi connectivity index (χ3v) is 2.97. The second-order valence-electron chi connectivity index (χ2n) is 3.07. The molecule has 1 heterocycles. The van der Waals surface area contributed by atoms with E-state index in [2.05, 4.69) is 23.6 Å². The maximum absolute atomic E-state index is 11.1. The first kappa shape index (κ1) is 11.2. The average Bonchev–Trinajstić information content (AvgIpc) is 2.67. The van der Waals surface area contributed by atoms with Gasteiger partial charge in [0.2, 0.25) is 5.91 Å². The van der Waals surface area contributed by atoms with Crippen molar-refractivity contribution in [3.05, 3.63) is 22.4 Å². The van der Waals surface area contributed by atoms with Crippen molar-refractivity contribution < 1.29 is 4.79 Å². The van der Waals surface area contributed by atoms with E-state index in [9.17, 15) is 4.79 Å². The molecule has 1 atom stereocenters. The molecule has 0 unspecified atom stereocenters. The van der Waals surface area contributed by atoms with Gasteiger partial charge in [-0.1, -0.05) is 6.07 Å². The van der Waals surface area contributed by atoms with Crippen molar-refractivity contribution in [3.63, 3.8) is 0 Å². The standard InChI is InChI=1S/C10H16N2OS/c1-3-11-10(13)7-12-8(2)9-5-4-6-14-9/h4-6,8,12H,3,7H2,1-2H3,(H,11,13)/t8-/m1/s1. The summed E-state index contributed by atoms with van der Waals surface area (Å²) >= 11 is 1.70. The lowest BCUT2D eigenvalue weighted by atomic mass is 10.3. The van der Waals surface area contributed by atoms with Crippen molar-refractivity contribution in [2.24, 2.45) is 0 Å². The molecule has 0 aliphatic heterocycles. The second-order valence-corrected chi connectivity index (χ2v) is 4.05. The number of carbonyl (C=O) groups is 1. The summed E-state index contributed by atoms with van der Waals surface area (Å²) in [6.07, 6.45) is 0. The van der Waals surface area contributed by atoms with Crippen LogP contribution in [0.4, 0.5) is 0 Å². The number of hydrogen-bond donors (Lipinski definition) is 2. The van der Waals surface area contributed by atoms with Crippen LogP contribution in [-0.4, -0.2) is 19.0 Å². The molecule has 2 N–H and O–H groups in total. The molecule has 3 nitrogen and oxygen atoms in total. The molecule has 78 valence electrons. The highest BCUT2D eigenvalue weighted by molar-refractivity contribution is 7.10. The minimum atomic E-state index is 0.0518. The van der Waals surface area contributed by atoms with E-state index < -0.39 is 0 Å². The number of carbonyl (C=O) groups excluding carboxylic acids is 1. The number of nitrogens with one attached hydrogen (secondary N) is 2. The smallest absolute Gasteiger partial charge is 0.233 e. The van der Waals surface area contributed by atoms with E-state index in [0.717, 1.165) is 0 Å². The quantitative estimate of drug-likeness (QED) is 0.777. The van der Waals surface area contributed by atoms with Crippen molar-refractivity contribution in [2.75, 3.05) is 13.1 Å². The van der Waals surface area contributed by atoms with Gasteiger partial charge >= 0.3 is 0 Å². The summed E-state index contributed by atoms with van der Waals surface area (Å²) in [4.78, 5) is 12.4. The Bertz CT molecular complexity index is 272. The molecular formula is C10H16N2OS.